The molecular formula is C22H32N2O8Si. The molecule has 0 aromatic heterocycles. The first-order valence-corrected chi connectivity index (χ1v) is 14.3. The van der Waals surface area contributed by atoms with Crippen molar-refractivity contribution >= 4 is 38.0 Å². The van der Waals surface area contributed by atoms with Crippen LogP contribution >= 0.6 is 0 Å². The van der Waals surface area contributed by atoms with Gasteiger partial charge in [-0.05, 0) is 45.5 Å². The molecule has 33 heavy (non-hydrogen) atoms. The van der Waals surface area contributed by atoms with Crippen LogP contribution in [0.25, 0.3) is 0 Å². The van der Waals surface area contributed by atoms with E-state index in [1.165, 1.54) is 17.1 Å². The molecule has 0 bridgehead atoms. The number of aliphatic carboxylic acids is 1. The van der Waals surface area contributed by atoms with E-state index in [-0.39, 0.29) is 24.9 Å². The van der Waals surface area contributed by atoms with Crippen LogP contribution in [-0.4, -0.2) is 84.2 Å². The Bertz CT molecular complexity index is 850. The summed E-state index contributed by atoms with van der Waals surface area (Å²) in [5.74, 6) is -4.93. The number of ether oxygens (including phenoxy) is 1. The van der Waals surface area contributed by atoms with Crippen molar-refractivity contribution in [3.8, 4) is 0 Å². The molecule has 0 unspecified atom stereocenters. The minimum atomic E-state index is -2.02. The van der Waals surface area contributed by atoms with Crippen LogP contribution in [0.1, 0.15) is 26.2 Å². The molecule has 2 heterocycles. The van der Waals surface area contributed by atoms with Gasteiger partial charge in [0.2, 0.25) is 5.91 Å². The van der Waals surface area contributed by atoms with Crippen molar-refractivity contribution < 1.29 is 38.2 Å². The normalized spacial score (nSPS) is 23.9. The summed E-state index contributed by atoms with van der Waals surface area (Å²) in [5, 5.41) is 9.07. The number of ketones is 1. The number of hydrogen-bond donors (Lipinski definition) is 1. The Labute approximate surface area is 194 Å². The molecule has 2 aliphatic heterocycles. The number of allylic oxidation sites excluding steroid dienone is 1. The number of imide groups is 1. The van der Waals surface area contributed by atoms with Crippen LogP contribution in [0.5, 0.6) is 0 Å². The van der Waals surface area contributed by atoms with Crippen LogP contribution in [0, 0.1) is 5.92 Å². The zero-order chi connectivity index (χ0) is 24.9. The second-order valence-corrected chi connectivity index (χ2v) is 13.6. The van der Waals surface area contributed by atoms with Gasteiger partial charge in [-0.15, -0.1) is 0 Å². The minimum Gasteiger partial charge on any atom is -0.474 e. The molecule has 10 nitrogen and oxygen atoms in total. The molecule has 2 aliphatic rings. The molecule has 11 heteroatoms. The number of carbonyl (C=O) groups excluding carboxylic acids is 4. The molecule has 4 atom stereocenters. The number of β-lactam (4-membered cyclic amide) rings is 1. The van der Waals surface area contributed by atoms with Gasteiger partial charge < -0.3 is 19.2 Å². The lowest BCUT2D eigenvalue weighted by Crippen LogP contribution is -2.68. The van der Waals surface area contributed by atoms with Gasteiger partial charge >= 0.3 is 18.0 Å². The number of amides is 3. The van der Waals surface area contributed by atoms with Crippen LogP contribution in [0.3, 0.4) is 0 Å². The number of carboxylic acids is 1. The Kier molecular flexibility index (Phi) is 8.73. The maximum Gasteiger partial charge on any atom is 0.410 e. The van der Waals surface area contributed by atoms with Crippen molar-refractivity contribution in [2.75, 3.05) is 13.2 Å². The van der Waals surface area contributed by atoms with Gasteiger partial charge in [-0.2, -0.15) is 0 Å². The van der Waals surface area contributed by atoms with E-state index in [2.05, 4.69) is 6.58 Å². The van der Waals surface area contributed by atoms with Crippen molar-refractivity contribution in [2.45, 2.75) is 64.0 Å². The summed E-state index contributed by atoms with van der Waals surface area (Å²) in [4.78, 5) is 62.8. The molecule has 2 saturated heterocycles. The molecule has 0 radical (unpaired) electrons. The monoisotopic (exact) mass is 480 g/mol. The molecule has 0 saturated carbocycles. The predicted molar refractivity (Wildman–Crippen MR) is 121 cm³/mol. The topological polar surface area (TPSA) is 131 Å². The third-order valence-corrected chi connectivity index (χ3v) is 6.57. The van der Waals surface area contributed by atoms with E-state index >= 15 is 0 Å². The van der Waals surface area contributed by atoms with Crippen LogP contribution in [-0.2, 0) is 28.3 Å². The maximum atomic E-state index is 12.7. The summed E-state index contributed by atoms with van der Waals surface area (Å²) in [5.41, 5.74) is 0. The molecule has 2 rings (SSSR count). The van der Waals surface area contributed by atoms with Crippen molar-refractivity contribution in [3.05, 3.63) is 24.8 Å². The molecule has 0 aromatic carbocycles. The lowest BCUT2D eigenvalue weighted by molar-refractivity contribution is -0.178. The zero-order valence-corrected chi connectivity index (χ0v) is 20.5. The predicted octanol–water partition coefficient (Wildman–Crippen LogP) is 1.97. The van der Waals surface area contributed by atoms with Crippen molar-refractivity contribution in [2.24, 2.45) is 5.92 Å². The van der Waals surface area contributed by atoms with Crippen molar-refractivity contribution in [1.82, 2.24) is 9.80 Å². The standard InChI is InChI=1S/C22H32N2O8Si/c1-6-12-31-22(30)23-11-7-8-15(23)9-10-16(25)13-17-18(14(2)32-33(3,4)5)19(26)24(17)20(27)21(28)29/h6,9-10,14-15,17-18H,1,7-8,11-13H2,2-5H3,(H,28,29)/t14-,15+,17-,18-/m1/s1. The second-order valence-electron chi connectivity index (χ2n) is 9.15. The van der Waals surface area contributed by atoms with E-state index in [4.69, 9.17) is 14.3 Å². The Morgan fingerprint density at radius 1 is 1.27 bits per heavy atom. The van der Waals surface area contributed by atoms with Crippen LogP contribution in [0.4, 0.5) is 4.79 Å². The number of rotatable bonds is 9. The molecular weight excluding hydrogens is 448 g/mol. The number of nitrogens with zero attached hydrogens (tertiary/aromatic N) is 2. The van der Waals surface area contributed by atoms with E-state index in [0.29, 0.717) is 17.9 Å². The first-order valence-electron chi connectivity index (χ1n) is 10.9. The Morgan fingerprint density at radius 2 is 1.94 bits per heavy atom. The molecule has 2 fully saturated rings. The molecule has 3 amide bonds. The van der Waals surface area contributed by atoms with Crippen molar-refractivity contribution in [1.29, 1.82) is 0 Å². The summed E-state index contributed by atoms with van der Waals surface area (Å²) in [6, 6.07) is -1.21. The fourth-order valence-electron chi connectivity index (χ4n) is 4.21. The average Bonchev–Trinajstić information content (AvgIpc) is 3.17. The third-order valence-electron chi connectivity index (χ3n) is 5.49. The summed E-state index contributed by atoms with van der Waals surface area (Å²) in [6.07, 6.45) is 4.54. The van der Waals surface area contributed by atoms with Crippen LogP contribution < -0.4 is 0 Å². The Hall–Kier alpha value is -2.79. The van der Waals surface area contributed by atoms with E-state index in [0.717, 1.165) is 6.42 Å². The summed E-state index contributed by atoms with van der Waals surface area (Å²) >= 11 is 0. The van der Waals surface area contributed by atoms with Gasteiger partial charge in [-0.25, -0.2) is 9.59 Å². The number of likely N-dealkylation sites (tertiary alicyclic amines) is 2. The van der Waals surface area contributed by atoms with Gasteiger partial charge in [0, 0.05) is 13.0 Å². The fraction of sp³-hybridized carbons (Fsp3) is 0.591. The Balaban J connectivity index is 2.11. The minimum absolute atomic E-state index is 0.0902. The number of hydrogen-bond acceptors (Lipinski definition) is 7. The van der Waals surface area contributed by atoms with Gasteiger partial charge in [0.05, 0.1) is 24.1 Å². The van der Waals surface area contributed by atoms with Crippen LogP contribution in [0.2, 0.25) is 19.6 Å². The van der Waals surface area contributed by atoms with Gasteiger partial charge in [-0.3, -0.25) is 19.3 Å². The van der Waals surface area contributed by atoms with E-state index in [9.17, 15) is 24.0 Å². The lowest BCUT2D eigenvalue weighted by atomic mass is 9.80. The van der Waals surface area contributed by atoms with E-state index in [1.807, 2.05) is 19.6 Å². The lowest BCUT2D eigenvalue weighted by Gasteiger charge is -2.47. The van der Waals surface area contributed by atoms with Gasteiger partial charge in [0.15, 0.2) is 14.1 Å². The SMILES string of the molecule is C=CCOC(=O)N1CCC[C@H]1C=CC(=O)C[C@@H]1[C@@H]([C@@H](C)O[Si](C)(C)C)C(=O)N1C(=O)C(=O)O. The second kappa shape index (κ2) is 10.9. The fourth-order valence-corrected chi connectivity index (χ4v) is 5.47. The van der Waals surface area contributed by atoms with Crippen LogP contribution in [0.15, 0.2) is 24.8 Å². The first-order chi connectivity index (χ1) is 15.4. The van der Waals surface area contributed by atoms with E-state index < -0.39 is 50.3 Å². The summed E-state index contributed by atoms with van der Waals surface area (Å²) in [6.45, 7) is 11.6. The first kappa shape index (κ1) is 26.5. The third kappa shape index (κ3) is 6.61. The smallest absolute Gasteiger partial charge is 0.410 e. The maximum absolute atomic E-state index is 12.7. The zero-order valence-electron chi connectivity index (χ0n) is 19.5. The number of carbonyl (C=O) groups is 5. The highest BCUT2D eigenvalue weighted by Crippen LogP contribution is 2.35. The highest BCUT2D eigenvalue weighted by Gasteiger charge is 2.55. The average molecular weight is 481 g/mol. The highest BCUT2D eigenvalue weighted by atomic mass is 28.4. The summed E-state index contributed by atoms with van der Waals surface area (Å²) < 4.78 is 11.0. The summed E-state index contributed by atoms with van der Waals surface area (Å²) in [7, 11) is -2.02. The number of carboxylic acid groups (broad SMARTS) is 1. The molecule has 182 valence electrons. The van der Waals surface area contributed by atoms with Crippen molar-refractivity contribution in [3.63, 3.8) is 0 Å². The highest BCUT2D eigenvalue weighted by molar-refractivity contribution is 6.69. The molecule has 0 aromatic rings. The molecule has 0 spiro atoms. The molecule has 1 N–H and O–H groups in total. The van der Waals surface area contributed by atoms with Gasteiger partial charge in [0.25, 0.3) is 0 Å². The molecule has 0 aliphatic carbocycles. The van der Waals surface area contributed by atoms with Gasteiger partial charge in [-0.1, -0.05) is 18.7 Å². The Morgan fingerprint density at radius 3 is 2.52 bits per heavy atom. The quantitative estimate of drug-likeness (QED) is 0.174. The van der Waals surface area contributed by atoms with Gasteiger partial charge in [0.1, 0.15) is 6.61 Å². The van der Waals surface area contributed by atoms with E-state index in [1.54, 1.807) is 13.0 Å². The largest absolute Gasteiger partial charge is 0.474 e.